The van der Waals surface area contributed by atoms with Crippen molar-refractivity contribution in [1.82, 2.24) is 0 Å². The smallest absolute Gasteiger partial charge is 0.0771 e. The summed E-state index contributed by atoms with van der Waals surface area (Å²) in [4.78, 5) is 4.69. The molecule has 2 N–H and O–H groups in total. The van der Waals surface area contributed by atoms with E-state index in [9.17, 15) is 0 Å². The minimum absolute atomic E-state index is 0.202. The topological polar surface area (TPSA) is 35.2 Å². The van der Waals surface area contributed by atoms with Gasteiger partial charge in [-0.1, -0.05) is 47.4 Å². The quantitative estimate of drug-likeness (QED) is 0.861. The molecule has 0 radical (unpaired) electrons. The van der Waals surface area contributed by atoms with E-state index in [1.807, 2.05) is 32.0 Å². The Morgan fingerprint density at radius 1 is 1.50 bits per heavy atom. The van der Waals surface area contributed by atoms with Gasteiger partial charge < -0.3 is 4.84 Å². The van der Waals surface area contributed by atoms with E-state index in [0.717, 1.165) is 15.1 Å². The summed E-state index contributed by atoms with van der Waals surface area (Å²) >= 11 is 9.60. The van der Waals surface area contributed by atoms with Crippen molar-refractivity contribution in [2.24, 2.45) is 5.90 Å². The highest BCUT2D eigenvalue weighted by Gasteiger charge is 2.25. The van der Waals surface area contributed by atoms with Gasteiger partial charge >= 0.3 is 0 Å². The van der Waals surface area contributed by atoms with Gasteiger partial charge in [0, 0.05) is 14.9 Å². The summed E-state index contributed by atoms with van der Waals surface area (Å²) < 4.78 is 0.979. The van der Waals surface area contributed by atoms with E-state index in [-0.39, 0.29) is 5.41 Å². The monoisotopic (exact) mass is 277 g/mol. The Labute approximate surface area is 97.5 Å². The van der Waals surface area contributed by atoms with Crippen LogP contribution < -0.4 is 5.90 Å². The number of hydrogen-bond acceptors (Lipinski definition) is 2. The highest BCUT2D eigenvalue weighted by atomic mass is 79.9. The summed E-state index contributed by atoms with van der Waals surface area (Å²) in [5.74, 6) is 5.09. The third kappa shape index (κ3) is 2.48. The van der Waals surface area contributed by atoms with Crippen molar-refractivity contribution in [3.8, 4) is 0 Å². The molecule has 0 bridgehead atoms. The van der Waals surface area contributed by atoms with Crippen molar-refractivity contribution in [1.29, 1.82) is 0 Å². The molecule has 0 heterocycles. The van der Waals surface area contributed by atoms with Gasteiger partial charge in [-0.2, -0.15) is 0 Å². The van der Waals surface area contributed by atoms with E-state index in [2.05, 4.69) is 15.9 Å². The van der Waals surface area contributed by atoms with Gasteiger partial charge in [0.15, 0.2) is 0 Å². The molecule has 0 fully saturated rings. The summed E-state index contributed by atoms with van der Waals surface area (Å²) in [5.41, 5.74) is 0.818. The van der Waals surface area contributed by atoms with E-state index in [4.69, 9.17) is 22.3 Å². The SMILES string of the molecule is CC(C)(CON)c1c(Cl)cccc1Br. The number of rotatable bonds is 3. The predicted octanol–water partition coefficient (Wildman–Crippen LogP) is 3.27. The van der Waals surface area contributed by atoms with Crippen LogP contribution in [-0.2, 0) is 10.3 Å². The van der Waals surface area contributed by atoms with Crippen LogP contribution in [0.2, 0.25) is 5.02 Å². The first kappa shape index (κ1) is 12.0. The van der Waals surface area contributed by atoms with Gasteiger partial charge in [0.2, 0.25) is 0 Å². The van der Waals surface area contributed by atoms with Gasteiger partial charge in [0.25, 0.3) is 0 Å². The first-order chi connectivity index (χ1) is 6.49. The van der Waals surface area contributed by atoms with E-state index in [1.165, 1.54) is 0 Å². The van der Waals surface area contributed by atoms with Crippen molar-refractivity contribution < 1.29 is 4.84 Å². The van der Waals surface area contributed by atoms with E-state index >= 15 is 0 Å². The van der Waals surface area contributed by atoms with Gasteiger partial charge in [-0.05, 0) is 17.7 Å². The van der Waals surface area contributed by atoms with Crippen LogP contribution in [0.3, 0.4) is 0 Å². The van der Waals surface area contributed by atoms with E-state index in [0.29, 0.717) is 6.61 Å². The molecule has 4 heteroatoms. The maximum absolute atomic E-state index is 6.12. The molecule has 0 unspecified atom stereocenters. The highest BCUT2D eigenvalue weighted by Crippen LogP contribution is 2.35. The Balaban J connectivity index is 3.17. The van der Waals surface area contributed by atoms with Crippen LogP contribution >= 0.6 is 27.5 Å². The molecule has 1 aromatic rings. The van der Waals surface area contributed by atoms with Crippen LogP contribution in [0.15, 0.2) is 22.7 Å². The molecule has 0 spiro atoms. The molecule has 1 aromatic carbocycles. The number of benzene rings is 1. The molecule has 0 aliphatic carbocycles. The molecule has 0 aromatic heterocycles. The van der Waals surface area contributed by atoms with Gasteiger partial charge in [0.05, 0.1) is 6.61 Å². The third-order valence-corrected chi connectivity index (χ3v) is 3.06. The molecule has 1 rings (SSSR count). The number of nitrogens with two attached hydrogens (primary N) is 1. The van der Waals surface area contributed by atoms with Crippen molar-refractivity contribution in [3.63, 3.8) is 0 Å². The molecule has 2 nitrogen and oxygen atoms in total. The maximum atomic E-state index is 6.12. The zero-order chi connectivity index (χ0) is 10.8. The summed E-state index contributed by atoms with van der Waals surface area (Å²) in [7, 11) is 0. The fourth-order valence-corrected chi connectivity index (χ4v) is 2.87. The normalized spacial score (nSPS) is 11.8. The van der Waals surface area contributed by atoms with Gasteiger partial charge in [-0.3, -0.25) is 0 Å². The minimum Gasteiger partial charge on any atom is -0.304 e. The molecule has 78 valence electrons. The van der Waals surface area contributed by atoms with Gasteiger partial charge in [-0.15, -0.1) is 0 Å². The molecule has 0 amide bonds. The largest absolute Gasteiger partial charge is 0.304 e. The second-order valence-corrected chi connectivity index (χ2v) is 5.05. The minimum atomic E-state index is -0.202. The van der Waals surface area contributed by atoms with E-state index in [1.54, 1.807) is 0 Å². The Bertz CT molecular complexity index is 308. The van der Waals surface area contributed by atoms with Crippen molar-refractivity contribution >= 4 is 27.5 Å². The molecular formula is C10H13BrClNO. The summed E-state index contributed by atoms with van der Waals surface area (Å²) in [6, 6.07) is 5.72. The van der Waals surface area contributed by atoms with Gasteiger partial charge in [-0.25, -0.2) is 5.90 Å². The van der Waals surface area contributed by atoms with Crippen LogP contribution in [-0.4, -0.2) is 6.61 Å². The molecule has 0 saturated heterocycles. The lowest BCUT2D eigenvalue weighted by Gasteiger charge is -2.26. The summed E-state index contributed by atoms with van der Waals surface area (Å²) in [6.45, 7) is 4.49. The zero-order valence-corrected chi connectivity index (χ0v) is 10.5. The van der Waals surface area contributed by atoms with Crippen molar-refractivity contribution in [3.05, 3.63) is 33.3 Å². The first-order valence-electron chi connectivity index (χ1n) is 4.25. The molecular weight excluding hydrogens is 265 g/mol. The van der Waals surface area contributed by atoms with Gasteiger partial charge in [0.1, 0.15) is 0 Å². The first-order valence-corrected chi connectivity index (χ1v) is 5.42. The van der Waals surface area contributed by atoms with Crippen LogP contribution in [0.5, 0.6) is 0 Å². The molecule has 0 atom stereocenters. The fourth-order valence-electron chi connectivity index (χ4n) is 1.42. The maximum Gasteiger partial charge on any atom is 0.0771 e. The highest BCUT2D eigenvalue weighted by molar-refractivity contribution is 9.10. The van der Waals surface area contributed by atoms with E-state index < -0.39 is 0 Å². The van der Waals surface area contributed by atoms with Crippen LogP contribution in [0.1, 0.15) is 19.4 Å². The van der Waals surface area contributed by atoms with Crippen molar-refractivity contribution in [2.45, 2.75) is 19.3 Å². The average Bonchev–Trinajstić information content (AvgIpc) is 2.02. The van der Waals surface area contributed by atoms with Crippen LogP contribution in [0.4, 0.5) is 0 Å². The summed E-state index contributed by atoms with van der Waals surface area (Å²) in [6.07, 6.45) is 0. The molecule has 14 heavy (non-hydrogen) atoms. The Morgan fingerprint density at radius 2 is 2.14 bits per heavy atom. The predicted molar refractivity (Wildman–Crippen MR) is 62.3 cm³/mol. The third-order valence-electron chi connectivity index (χ3n) is 2.08. The lowest BCUT2D eigenvalue weighted by atomic mass is 9.85. The van der Waals surface area contributed by atoms with Crippen molar-refractivity contribution in [2.75, 3.05) is 6.61 Å². The van der Waals surface area contributed by atoms with Crippen LogP contribution in [0, 0.1) is 0 Å². The fraction of sp³-hybridized carbons (Fsp3) is 0.400. The molecule has 0 aliphatic heterocycles. The number of halogens is 2. The lowest BCUT2D eigenvalue weighted by molar-refractivity contribution is 0.0962. The zero-order valence-electron chi connectivity index (χ0n) is 8.18. The lowest BCUT2D eigenvalue weighted by Crippen LogP contribution is -2.27. The molecule has 0 saturated carbocycles. The number of hydrogen-bond donors (Lipinski definition) is 1. The summed E-state index contributed by atoms with van der Waals surface area (Å²) in [5, 5.41) is 0.724. The average molecular weight is 279 g/mol. The Kier molecular flexibility index (Phi) is 3.95. The second kappa shape index (κ2) is 4.62. The Hall–Kier alpha value is -0.0900. The molecule has 0 aliphatic rings. The standard InChI is InChI=1S/C10H13BrClNO/c1-10(2,6-14-13)9-7(11)4-3-5-8(9)12/h3-5H,6,13H2,1-2H3. The second-order valence-electron chi connectivity index (χ2n) is 3.79. The Morgan fingerprint density at radius 3 is 2.64 bits per heavy atom. The van der Waals surface area contributed by atoms with Crippen LogP contribution in [0.25, 0.3) is 0 Å².